The Morgan fingerprint density at radius 1 is 1.27 bits per heavy atom. The van der Waals surface area contributed by atoms with Gasteiger partial charge in [-0.25, -0.2) is 13.8 Å². The number of thioether (sulfide) groups is 1. The Morgan fingerprint density at radius 2 is 2.05 bits per heavy atom. The third-order valence-corrected chi connectivity index (χ3v) is 7.93. The highest BCUT2D eigenvalue weighted by atomic mass is 32.2. The summed E-state index contributed by atoms with van der Waals surface area (Å²) in [5.41, 5.74) is 13.9. The van der Waals surface area contributed by atoms with Crippen molar-refractivity contribution in [2.45, 2.75) is 56.1 Å². The number of nitrogens with two attached hydrogens (primary N) is 2. The van der Waals surface area contributed by atoms with Crippen LogP contribution in [-0.4, -0.2) is 47.0 Å². The first-order chi connectivity index (χ1) is 19.3. The van der Waals surface area contributed by atoms with Crippen LogP contribution in [0.2, 0.25) is 0 Å². The van der Waals surface area contributed by atoms with Crippen molar-refractivity contribution in [1.29, 1.82) is 0 Å². The van der Waals surface area contributed by atoms with Crippen LogP contribution in [0.15, 0.2) is 64.0 Å². The summed E-state index contributed by atoms with van der Waals surface area (Å²) in [4.78, 5) is 21.3. The number of fused-ring (bicyclic) bond motifs is 1. The number of allylic oxidation sites excluding steroid dienone is 1. The Bertz CT molecular complexity index is 1320. The van der Waals surface area contributed by atoms with Gasteiger partial charge in [0.2, 0.25) is 5.89 Å². The van der Waals surface area contributed by atoms with E-state index in [1.807, 2.05) is 6.07 Å². The maximum Gasteiger partial charge on any atom is 0.251 e. The molecule has 1 aliphatic heterocycles. The molecule has 8 nitrogen and oxygen atoms in total. The Morgan fingerprint density at radius 3 is 2.73 bits per heavy atom. The molecule has 1 aromatic heterocycles. The number of unbranched alkanes of at least 4 members (excludes halogenated alkanes) is 1. The normalized spacial score (nSPS) is 15.0. The highest BCUT2D eigenvalue weighted by Crippen LogP contribution is 2.42. The van der Waals surface area contributed by atoms with Crippen LogP contribution in [0.1, 0.15) is 48.5 Å². The van der Waals surface area contributed by atoms with Crippen LogP contribution < -0.4 is 21.7 Å². The molecule has 0 saturated carbocycles. The summed E-state index contributed by atoms with van der Waals surface area (Å²) in [5.74, 6) is -0.606. The number of hydrogen-bond donors (Lipinski definition) is 4. The molecule has 0 bridgehead atoms. The number of nitrogens with one attached hydrogen (secondary N) is 1. The molecular formula is C29H35F2N5O3S. The summed E-state index contributed by atoms with van der Waals surface area (Å²) in [6.07, 6.45) is 5.77. The van der Waals surface area contributed by atoms with E-state index in [1.54, 1.807) is 24.0 Å². The van der Waals surface area contributed by atoms with E-state index in [2.05, 4.69) is 22.1 Å². The minimum absolute atomic E-state index is 0.00381. The number of rotatable bonds is 12. The van der Waals surface area contributed by atoms with E-state index in [1.165, 1.54) is 24.6 Å². The van der Waals surface area contributed by atoms with Crippen LogP contribution in [0.3, 0.4) is 0 Å². The summed E-state index contributed by atoms with van der Waals surface area (Å²) >= 11 is 1.69. The molecule has 1 aliphatic rings. The first-order valence-corrected chi connectivity index (χ1v) is 14.3. The molecule has 3 aromatic rings. The van der Waals surface area contributed by atoms with Crippen LogP contribution >= 0.6 is 11.8 Å². The monoisotopic (exact) mass is 571 g/mol. The smallest absolute Gasteiger partial charge is 0.251 e. The molecule has 6 N–H and O–H groups in total. The number of benzene rings is 2. The summed E-state index contributed by atoms with van der Waals surface area (Å²) in [6, 6.07) is 5.87. The van der Waals surface area contributed by atoms with Crippen molar-refractivity contribution in [3.8, 4) is 11.5 Å². The summed E-state index contributed by atoms with van der Waals surface area (Å²) < 4.78 is 33.5. The summed E-state index contributed by atoms with van der Waals surface area (Å²) in [6.45, 7) is 3.83. The molecule has 4 rings (SSSR count). The Balaban J connectivity index is 1.67. The van der Waals surface area contributed by atoms with Crippen molar-refractivity contribution >= 4 is 23.4 Å². The molecule has 2 unspecified atom stereocenters. The molecule has 11 heteroatoms. The lowest BCUT2D eigenvalue weighted by molar-refractivity contribution is 0.0814. The number of oxazole rings is 1. The van der Waals surface area contributed by atoms with E-state index in [0.717, 1.165) is 48.3 Å². The average molecular weight is 572 g/mol. The first kappa shape index (κ1) is 29.4. The lowest BCUT2D eigenvalue weighted by Crippen LogP contribution is -2.45. The van der Waals surface area contributed by atoms with Crippen LogP contribution in [0.25, 0.3) is 11.5 Å². The van der Waals surface area contributed by atoms with Crippen LogP contribution in [0.4, 0.5) is 14.5 Å². The largest absolute Gasteiger partial charge is 0.444 e. The van der Waals surface area contributed by atoms with Gasteiger partial charge >= 0.3 is 0 Å². The zero-order valence-electron chi connectivity index (χ0n) is 22.4. The van der Waals surface area contributed by atoms with Crippen molar-refractivity contribution < 1.29 is 23.1 Å². The number of halogens is 2. The fraction of sp³-hybridized carbons (Fsp3) is 0.379. The van der Waals surface area contributed by atoms with Gasteiger partial charge in [0.15, 0.2) is 0 Å². The lowest BCUT2D eigenvalue weighted by atomic mass is 9.96. The maximum absolute atomic E-state index is 13.9. The number of aromatic nitrogens is 1. The van der Waals surface area contributed by atoms with Crippen molar-refractivity contribution in [2.24, 2.45) is 11.5 Å². The van der Waals surface area contributed by atoms with E-state index in [-0.39, 0.29) is 19.3 Å². The molecule has 1 amide bonds. The van der Waals surface area contributed by atoms with Gasteiger partial charge in [0.25, 0.3) is 5.91 Å². The van der Waals surface area contributed by atoms with Crippen molar-refractivity contribution in [2.75, 3.05) is 23.7 Å². The van der Waals surface area contributed by atoms with Crippen LogP contribution in [-0.2, 0) is 6.42 Å². The molecule has 0 fully saturated rings. The predicted octanol–water partition coefficient (Wildman–Crippen LogP) is 4.57. The number of anilines is 1. The summed E-state index contributed by atoms with van der Waals surface area (Å²) in [7, 11) is 0. The number of hydrogen-bond acceptors (Lipinski definition) is 8. The maximum atomic E-state index is 13.9. The topological polar surface area (TPSA) is 131 Å². The second-order valence-electron chi connectivity index (χ2n) is 9.81. The lowest BCUT2D eigenvalue weighted by Gasteiger charge is -2.32. The Kier molecular flexibility index (Phi) is 10.1. The van der Waals surface area contributed by atoms with Crippen molar-refractivity contribution in [3.63, 3.8) is 0 Å². The van der Waals surface area contributed by atoms with Gasteiger partial charge in [-0.3, -0.25) is 4.79 Å². The van der Waals surface area contributed by atoms with E-state index >= 15 is 0 Å². The van der Waals surface area contributed by atoms with Crippen molar-refractivity contribution in [1.82, 2.24) is 10.3 Å². The first-order valence-electron chi connectivity index (χ1n) is 13.3. The Hall–Kier alpha value is -3.57. The highest BCUT2D eigenvalue weighted by Gasteiger charge is 2.28. The molecule has 0 saturated heterocycles. The van der Waals surface area contributed by atoms with Crippen LogP contribution in [0.5, 0.6) is 0 Å². The fourth-order valence-corrected chi connectivity index (χ4v) is 5.88. The Labute approximate surface area is 236 Å². The van der Waals surface area contributed by atoms with E-state index in [4.69, 9.17) is 15.9 Å². The number of carbonyl (C=O) groups excluding carboxylic acids is 1. The highest BCUT2D eigenvalue weighted by molar-refractivity contribution is 7.99. The minimum Gasteiger partial charge on any atom is -0.444 e. The zero-order chi connectivity index (χ0) is 28.6. The fourth-order valence-electron chi connectivity index (χ4n) is 4.72. The van der Waals surface area contributed by atoms with Gasteiger partial charge in [-0.15, -0.1) is 11.8 Å². The second kappa shape index (κ2) is 13.7. The molecule has 40 heavy (non-hydrogen) atoms. The molecule has 0 aliphatic carbocycles. The SMILES string of the molecule is CCCCN1CCSc2c(-c3ncco3)cc(C(=O)NC(Cc3cc(F)cc(F)c3)C(O)CC/C(N)=C/N)cc21. The zero-order valence-corrected chi connectivity index (χ0v) is 23.2. The number of amides is 1. The summed E-state index contributed by atoms with van der Waals surface area (Å²) in [5, 5.41) is 13.9. The van der Waals surface area contributed by atoms with Crippen LogP contribution in [0, 0.1) is 11.6 Å². The van der Waals surface area contributed by atoms with Gasteiger partial charge in [0.1, 0.15) is 17.9 Å². The molecule has 2 atom stereocenters. The number of nitrogens with zero attached hydrogens (tertiary/aromatic N) is 2. The number of aliphatic hydroxyl groups is 1. The van der Waals surface area contributed by atoms with E-state index in [9.17, 15) is 18.7 Å². The van der Waals surface area contributed by atoms with Crippen molar-refractivity contribution in [3.05, 3.63) is 77.5 Å². The quantitative estimate of drug-likeness (QED) is 0.249. The van der Waals surface area contributed by atoms with Gasteiger partial charge in [-0.05, 0) is 55.5 Å². The molecule has 0 spiro atoms. The molecule has 2 aromatic carbocycles. The number of carbonyl (C=O) groups is 1. The van der Waals surface area contributed by atoms with Gasteiger partial charge in [0.05, 0.1) is 29.6 Å². The second-order valence-corrected chi connectivity index (χ2v) is 10.9. The van der Waals surface area contributed by atoms with Gasteiger partial charge in [-0.2, -0.15) is 0 Å². The third kappa shape index (κ3) is 7.33. The molecule has 0 radical (unpaired) electrons. The van der Waals surface area contributed by atoms with Gasteiger partial charge in [0, 0.05) is 47.3 Å². The van der Waals surface area contributed by atoms with Gasteiger partial charge in [-0.1, -0.05) is 13.3 Å². The van der Waals surface area contributed by atoms with Gasteiger partial charge < -0.3 is 31.2 Å². The van der Waals surface area contributed by atoms with E-state index < -0.39 is 29.7 Å². The molecule has 214 valence electrons. The third-order valence-electron chi connectivity index (χ3n) is 6.83. The standard InChI is InChI=1S/C29H35F2N5O3S/c1-2-3-7-36-8-10-40-27-23(29-34-6-9-39-29)14-19(15-25(27)36)28(38)35-24(26(37)5-4-22(33)17-32)13-18-11-20(30)16-21(31)12-18/h6,9,11-12,14-17,24,26,37H,2-5,7-8,10,13,32-33H2,1H3,(H,35,38)/b22-17-. The minimum atomic E-state index is -1.06. The molecular weight excluding hydrogens is 536 g/mol. The number of aliphatic hydroxyl groups excluding tert-OH is 1. The van der Waals surface area contributed by atoms with E-state index in [0.29, 0.717) is 28.3 Å². The molecule has 2 heterocycles. The average Bonchev–Trinajstić information content (AvgIpc) is 3.48. The predicted molar refractivity (Wildman–Crippen MR) is 153 cm³/mol.